The van der Waals surface area contributed by atoms with Crippen LogP contribution in [0.2, 0.25) is 0 Å². The number of nitrogens with one attached hydrogen (secondary N) is 1. The Morgan fingerprint density at radius 1 is 1.38 bits per heavy atom. The second-order valence-corrected chi connectivity index (χ2v) is 7.04. The highest BCUT2D eigenvalue weighted by molar-refractivity contribution is 7.89. The first-order valence-electron chi connectivity index (χ1n) is 6.72. The summed E-state index contributed by atoms with van der Waals surface area (Å²) in [6.07, 6.45) is 0.325. The first kappa shape index (κ1) is 17.6. The molecule has 6 nitrogen and oxygen atoms in total. The molecular weight excluding hydrogens is 292 g/mol. The third kappa shape index (κ3) is 4.52. The van der Waals surface area contributed by atoms with E-state index in [1.54, 1.807) is 13.0 Å². The van der Waals surface area contributed by atoms with Crippen molar-refractivity contribution in [3.63, 3.8) is 0 Å². The average molecular weight is 314 g/mol. The second kappa shape index (κ2) is 7.02. The van der Waals surface area contributed by atoms with E-state index in [-0.39, 0.29) is 29.0 Å². The summed E-state index contributed by atoms with van der Waals surface area (Å²) in [7, 11) is -3.77. The fourth-order valence-electron chi connectivity index (χ4n) is 1.97. The van der Waals surface area contributed by atoms with Crippen LogP contribution in [0, 0.1) is 12.8 Å². The van der Waals surface area contributed by atoms with Gasteiger partial charge >= 0.3 is 0 Å². The third-order valence-corrected chi connectivity index (χ3v) is 4.82. The van der Waals surface area contributed by atoms with Crippen molar-refractivity contribution in [1.29, 1.82) is 0 Å². The van der Waals surface area contributed by atoms with Crippen molar-refractivity contribution in [1.82, 2.24) is 4.72 Å². The summed E-state index contributed by atoms with van der Waals surface area (Å²) in [6, 6.07) is 3.88. The number of rotatable bonds is 7. The van der Waals surface area contributed by atoms with Gasteiger partial charge in [-0.1, -0.05) is 19.9 Å². The van der Waals surface area contributed by atoms with Gasteiger partial charge in [0, 0.05) is 18.2 Å². The number of aliphatic hydroxyl groups is 1. The molecule has 118 valence electrons. The fourth-order valence-corrected chi connectivity index (χ4v) is 3.41. The van der Waals surface area contributed by atoms with Gasteiger partial charge in [0.15, 0.2) is 0 Å². The van der Waals surface area contributed by atoms with E-state index in [2.05, 4.69) is 4.72 Å². The molecule has 0 heterocycles. The van der Waals surface area contributed by atoms with Crippen LogP contribution in [-0.4, -0.2) is 32.1 Å². The monoisotopic (exact) mass is 314 g/mol. The quantitative estimate of drug-likeness (QED) is 0.690. The summed E-state index contributed by atoms with van der Waals surface area (Å²) >= 11 is 0. The van der Waals surface area contributed by atoms with E-state index in [1.165, 1.54) is 12.1 Å². The molecule has 0 aromatic heterocycles. The second-order valence-electron chi connectivity index (χ2n) is 5.33. The van der Waals surface area contributed by atoms with Gasteiger partial charge in [-0.25, -0.2) is 13.1 Å². The van der Waals surface area contributed by atoms with Crippen LogP contribution < -0.4 is 10.5 Å². The lowest BCUT2D eigenvalue weighted by molar-refractivity contribution is 0.0999. The highest BCUT2D eigenvalue weighted by Crippen LogP contribution is 2.17. The molecule has 1 aromatic rings. The number of hydrogen-bond acceptors (Lipinski definition) is 4. The van der Waals surface area contributed by atoms with Crippen molar-refractivity contribution in [2.24, 2.45) is 11.7 Å². The van der Waals surface area contributed by atoms with Crippen molar-refractivity contribution in [2.75, 3.05) is 6.61 Å². The number of primary amides is 1. The van der Waals surface area contributed by atoms with Gasteiger partial charge in [-0.3, -0.25) is 4.79 Å². The molecule has 1 atom stereocenters. The number of benzene rings is 1. The molecule has 4 N–H and O–H groups in total. The number of carbonyl (C=O) groups excluding carboxylic acids is 1. The van der Waals surface area contributed by atoms with E-state index >= 15 is 0 Å². The number of amides is 1. The topological polar surface area (TPSA) is 109 Å². The Labute approximate surface area is 125 Å². The average Bonchev–Trinajstić information content (AvgIpc) is 2.37. The third-order valence-electron chi connectivity index (χ3n) is 3.34. The first-order valence-corrected chi connectivity index (χ1v) is 8.21. The Kier molecular flexibility index (Phi) is 5.88. The van der Waals surface area contributed by atoms with Gasteiger partial charge in [-0.05, 0) is 37.0 Å². The number of aryl methyl sites for hydroxylation is 1. The zero-order valence-corrected chi connectivity index (χ0v) is 13.3. The molecule has 0 aliphatic carbocycles. The van der Waals surface area contributed by atoms with Gasteiger partial charge < -0.3 is 10.8 Å². The molecule has 7 heteroatoms. The zero-order valence-electron chi connectivity index (χ0n) is 12.5. The molecular formula is C14H22N2O4S. The minimum Gasteiger partial charge on any atom is -0.396 e. The molecule has 1 rings (SSSR count). The summed E-state index contributed by atoms with van der Waals surface area (Å²) in [5.74, 6) is -0.631. The van der Waals surface area contributed by atoms with Crippen LogP contribution in [0.3, 0.4) is 0 Å². The molecule has 0 aliphatic heterocycles. The summed E-state index contributed by atoms with van der Waals surface area (Å²) in [6.45, 7) is 5.32. The Morgan fingerprint density at radius 2 is 2.00 bits per heavy atom. The summed E-state index contributed by atoms with van der Waals surface area (Å²) in [5, 5.41) is 9.01. The predicted molar refractivity (Wildman–Crippen MR) is 80.3 cm³/mol. The maximum absolute atomic E-state index is 12.4. The first-order chi connectivity index (χ1) is 9.69. The van der Waals surface area contributed by atoms with Crippen LogP contribution >= 0.6 is 0 Å². The minimum absolute atomic E-state index is 0.00881. The largest absolute Gasteiger partial charge is 0.396 e. The highest BCUT2D eigenvalue weighted by Gasteiger charge is 2.23. The Balaban J connectivity index is 3.13. The van der Waals surface area contributed by atoms with Gasteiger partial charge in [0.1, 0.15) is 0 Å². The van der Waals surface area contributed by atoms with Gasteiger partial charge in [-0.15, -0.1) is 0 Å². The van der Waals surface area contributed by atoms with Gasteiger partial charge in [0.25, 0.3) is 0 Å². The van der Waals surface area contributed by atoms with Crippen LogP contribution in [0.15, 0.2) is 23.1 Å². The molecule has 1 aromatic carbocycles. The minimum atomic E-state index is -3.77. The Morgan fingerprint density at radius 3 is 2.48 bits per heavy atom. The van der Waals surface area contributed by atoms with E-state index in [0.717, 1.165) is 0 Å². The number of aliphatic hydroxyl groups excluding tert-OH is 1. The molecule has 0 saturated carbocycles. The van der Waals surface area contributed by atoms with E-state index < -0.39 is 15.9 Å². The highest BCUT2D eigenvalue weighted by atomic mass is 32.2. The zero-order chi connectivity index (χ0) is 16.2. The lowest BCUT2D eigenvalue weighted by atomic mass is 10.0. The molecule has 0 radical (unpaired) electrons. The lowest BCUT2D eigenvalue weighted by Crippen LogP contribution is -2.39. The van der Waals surface area contributed by atoms with Crippen molar-refractivity contribution in [3.8, 4) is 0 Å². The maximum atomic E-state index is 12.4. The van der Waals surface area contributed by atoms with E-state index in [1.807, 2.05) is 13.8 Å². The molecule has 1 unspecified atom stereocenters. The maximum Gasteiger partial charge on any atom is 0.249 e. The molecule has 1 amide bonds. The number of nitrogens with two attached hydrogens (primary N) is 1. The molecule has 0 bridgehead atoms. The summed E-state index contributed by atoms with van der Waals surface area (Å²) in [5.41, 5.74) is 6.04. The number of carbonyl (C=O) groups is 1. The van der Waals surface area contributed by atoms with Crippen LogP contribution in [0.25, 0.3) is 0 Å². The summed E-state index contributed by atoms with van der Waals surface area (Å²) in [4.78, 5) is 11.3. The predicted octanol–water partition coefficient (Wildman–Crippen LogP) is 0.779. The molecule has 21 heavy (non-hydrogen) atoms. The SMILES string of the molecule is Cc1ccc(S(=O)(=O)NC(CCO)C(C)C)cc1C(N)=O. The van der Waals surface area contributed by atoms with Gasteiger partial charge in [0.2, 0.25) is 15.9 Å². The van der Waals surface area contributed by atoms with Crippen molar-refractivity contribution in [2.45, 2.75) is 38.1 Å². The Bertz CT molecular complexity index is 611. The van der Waals surface area contributed by atoms with Crippen molar-refractivity contribution < 1.29 is 18.3 Å². The molecule has 0 saturated heterocycles. The van der Waals surface area contributed by atoms with E-state index in [4.69, 9.17) is 10.8 Å². The smallest absolute Gasteiger partial charge is 0.249 e. The van der Waals surface area contributed by atoms with Crippen molar-refractivity contribution in [3.05, 3.63) is 29.3 Å². The standard InChI is InChI=1S/C14H22N2O4S/c1-9(2)13(6-7-17)16-21(19,20)11-5-4-10(3)12(8-11)14(15)18/h4-5,8-9,13,16-17H,6-7H2,1-3H3,(H2,15,18). The molecule has 0 fully saturated rings. The summed E-state index contributed by atoms with van der Waals surface area (Å²) < 4.78 is 27.3. The number of hydrogen-bond donors (Lipinski definition) is 3. The number of sulfonamides is 1. The van der Waals surface area contributed by atoms with E-state index in [0.29, 0.717) is 12.0 Å². The normalized spacial score (nSPS) is 13.4. The van der Waals surface area contributed by atoms with Crippen LogP contribution in [0.4, 0.5) is 0 Å². The van der Waals surface area contributed by atoms with Crippen LogP contribution in [0.1, 0.15) is 36.2 Å². The fraction of sp³-hybridized carbons (Fsp3) is 0.500. The van der Waals surface area contributed by atoms with Crippen LogP contribution in [-0.2, 0) is 10.0 Å². The van der Waals surface area contributed by atoms with Gasteiger partial charge in [-0.2, -0.15) is 0 Å². The van der Waals surface area contributed by atoms with Gasteiger partial charge in [0.05, 0.1) is 4.90 Å². The Hall–Kier alpha value is -1.44. The lowest BCUT2D eigenvalue weighted by Gasteiger charge is -2.21. The van der Waals surface area contributed by atoms with Crippen LogP contribution in [0.5, 0.6) is 0 Å². The molecule has 0 aliphatic rings. The van der Waals surface area contributed by atoms with E-state index in [9.17, 15) is 13.2 Å². The van der Waals surface area contributed by atoms with Crippen molar-refractivity contribution >= 4 is 15.9 Å². The molecule has 0 spiro atoms.